The lowest BCUT2D eigenvalue weighted by Gasteiger charge is -2.26. The van der Waals surface area contributed by atoms with E-state index in [2.05, 4.69) is 5.32 Å². The molecule has 0 spiro atoms. The molecule has 1 aromatic carbocycles. The first kappa shape index (κ1) is 14.0. The van der Waals surface area contributed by atoms with Crippen LogP contribution in [0, 0.1) is 0 Å². The van der Waals surface area contributed by atoms with Gasteiger partial charge < -0.3 is 16.2 Å². The summed E-state index contributed by atoms with van der Waals surface area (Å²) in [5.41, 5.74) is 7.31. The van der Waals surface area contributed by atoms with Crippen molar-refractivity contribution in [3.8, 4) is 0 Å². The first-order valence-corrected chi connectivity index (χ1v) is 6.97. The number of carbonyl (C=O) groups is 1. The maximum atomic E-state index is 12.1. The molecule has 104 valence electrons. The molecule has 1 aliphatic carbocycles. The van der Waals surface area contributed by atoms with Crippen molar-refractivity contribution in [1.29, 1.82) is 0 Å². The van der Waals surface area contributed by atoms with Gasteiger partial charge in [-0.25, -0.2) is 0 Å². The van der Waals surface area contributed by atoms with Crippen molar-refractivity contribution < 1.29 is 9.90 Å². The van der Waals surface area contributed by atoms with Crippen molar-refractivity contribution in [2.75, 3.05) is 6.54 Å². The molecule has 1 aliphatic rings. The highest BCUT2D eigenvalue weighted by Gasteiger charge is 2.21. The van der Waals surface area contributed by atoms with Crippen LogP contribution in [-0.4, -0.2) is 29.7 Å². The highest BCUT2D eigenvalue weighted by molar-refractivity contribution is 5.94. The second-order valence-electron chi connectivity index (χ2n) is 5.22. The van der Waals surface area contributed by atoms with E-state index in [-0.39, 0.29) is 18.1 Å². The number of aliphatic hydroxyl groups is 1. The summed E-state index contributed by atoms with van der Waals surface area (Å²) < 4.78 is 0. The van der Waals surface area contributed by atoms with Crippen LogP contribution in [0.1, 0.15) is 41.6 Å². The monoisotopic (exact) mass is 262 g/mol. The molecule has 0 unspecified atom stereocenters. The Morgan fingerprint density at radius 1 is 1.32 bits per heavy atom. The Morgan fingerprint density at radius 2 is 2.05 bits per heavy atom. The highest BCUT2D eigenvalue weighted by atomic mass is 16.3. The molecule has 1 aromatic rings. The lowest BCUT2D eigenvalue weighted by atomic mass is 9.93. The Bertz CT molecular complexity index is 426. The average Bonchev–Trinajstić information content (AvgIpc) is 2.42. The number of nitrogens with two attached hydrogens (primary N) is 1. The molecule has 1 fully saturated rings. The minimum Gasteiger partial charge on any atom is -0.393 e. The van der Waals surface area contributed by atoms with E-state index >= 15 is 0 Å². The van der Waals surface area contributed by atoms with Crippen molar-refractivity contribution in [2.45, 2.75) is 44.2 Å². The molecule has 0 aromatic heterocycles. The zero-order valence-electron chi connectivity index (χ0n) is 11.1. The van der Waals surface area contributed by atoms with Gasteiger partial charge in [0.1, 0.15) is 0 Å². The van der Waals surface area contributed by atoms with E-state index in [4.69, 9.17) is 5.73 Å². The molecule has 1 amide bonds. The molecule has 0 radical (unpaired) electrons. The fourth-order valence-corrected chi connectivity index (χ4v) is 2.52. The molecule has 0 atom stereocenters. The van der Waals surface area contributed by atoms with E-state index in [0.717, 1.165) is 37.7 Å². The number of benzene rings is 1. The fraction of sp³-hybridized carbons (Fsp3) is 0.533. The number of nitrogens with one attached hydrogen (secondary N) is 1. The third-order valence-corrected chi connectivity index (χ3v) is 3.65. The van der Waals surface area contributed by atoms with E-state index in [0.29, 0.717) is 12.1 Å². The largest absolute Gasteiger partial charge is 0.393 e. The molecule has 1 saturated carbocycles. The number of aliphatic hydroxyl groups excluding tert-OH is 1. The second kappa shape index (κ2) is 6.68. The normalized spacial score (nSPS) is 23.1. The number of hydrogen-bond acceptors (Lipinski definition) is 3. The summed E-state index contributed by atoms with van der Waals surface area (Å²) in [7, 11) is 0. The summed E-state index contributed by atoms with van der Waals surface area (Å²) in [5, 5.41) is 12.5. The molecular formula is C15H22N2O2. The second-order valence-corrected chi connectivity index (χ2v) is 5.22. The number of amides is 1. The lowest BCUT2D eigenvalue weighted by Crippen LogP contribution is -2.38. The molecular weight excluding hydrogens is 240 g/mol. The first-order valence-electron chi connectivity index (χ1n) is 6.97. The smallest absolute Gasteiger partial charge is 0.251 e. The van der Waals surface area contributed by atoms with Gasteiger partial charge in [0.2, 0.25) is 0 Å². The van der Waals surface area contributed by atoms with Gasteiger partial charge in [0.05, 0.1) is 6.10 Å². The summed E-state index contributed by atoms with van der Waals surface area (Å²) >= 11 is 0. The van der Waals surface area contributed by atoms with E-state index < -0.39 is 0 Å². The van der Waals surface area contributed by atoms with Gasteiger partial charge >= 0.3 is 0 Å². The fourth-order valence-electron chi connectivity index (χ4n) is 2.52. The van der Waals surface area contributed by atoms with Crippen LogP contribution < -0.4 is 11.1 Å². The van der Waals surface area contributed by atoms with Crippen molar-refractivity contribution in [3.05, 3.63) is 35.4 Å². The maximum Gasteiger partial charge on any atom is 0.251 e. The van der Waals surface area contributed by atoms with Crippen LogP contribution in [0.25, 0.3) is 0 Å². The topological polar surface area (TPSA) is 75.4 Å². The highest BCUT2D eigenvalue weighted by Crippen LogP contribution is 2.18. The zero-order valence-corrected chi connectivity index (χ0v) is 11.1. The number of hydrogen-bond donors (Lipinski definition) is 3. The van der Waals surface area contributed by atoms with Gasteiger partial charge in [0, 0.05) is 11.6 Å². The van der Waals surface area contributed by atoms with Crippen molar-refractivity contribution in [3.63, 3.8) is 0 Å². The summed E-state index contributed by atoms with van der Waals surface area (Å²) in [5.74, 6) is -0.0275. The minimum atomic E-state index is -0.193. The first-order chi connectivity index (χ1) is 9.19. The summed E-state index contributed by atoms with van der Waals surface area (Å²) in [4.78, 5) is 12.1. The van der Waals surface area contributed by atoms with Gasteiger partial charge in [0.15, 0.2) is 0 Å². The van der Waals surface area contributed by atoms with Crippen molar-refractivity contribution >= 4 is 5.91 Å². The summed E-state index contributed by atoms with van der Waals surface area (Å²) in [6.45, 7) is 0.589. The van der Waals surface area contributed by atoms with Gasteiger partial charge in [-0.15, -0.1) is 0 Å². The van der Waals surface area contributed by atoms with E-state index in [1.165, 1.54) is 0 Å². The van der Waals surface area contributed by atoms with E-state index in [1.54, 1.807) is 0 Å². The van der Waals surface area contributed by atoms with Crippen molar-refractivity contribution in [1.82, 2.24) is 5.32 Å². The summed E-state index contributed by atoms with van der Waals surface area (Å²) in [6, 6.07) is 7.80. The number of rotatable bonds is 4. The Labute approximate surface area is 114 Å². The molecule has 0 aliphatic heterocycles. The van der Waals surface area contributed by atoms with Gasteiger partial charge in [-0.05, 0) is 56.3 Å². The van der Waals surface area contributed by atoms with Crippen LogP contribution in [0.2, 0.25) is 0 Å². The van der Waals surface area contributed by atoms with E-state index in [1.807, 2.05) is 24.3 Å². The Hall–Kier alpha value is -1.39. The predicted octanol–water partition coefficient (Wildman–Crippen LogP) is 1.22. The van der Waals surface area contributed by atoms with Crippen LogP contribution >= 0.6 is 0 Å². The van der Waals surface area contributed by atoms with Crippen LogP contribution in [0.3, 0.4) is 0 Å². The van der Waals surface area contributed by atoms with Crippen LogP contribution in [-0.2, 0) is 6.42 Å². The standard InChI is InChI=1S/C15H22N2O2/c16-9-8-11-2-1-3-12(10-11)15(19)17-13-4-6-14(18)7-5-13/h1-3,10,13-14,18H,4-9,16H2,(H,17,19). The predicted molar refractivity (Wildman–Crippen MR) is 74.9 cm³/mol. The van der Waals surface area contributed by atoms with Crippen molar-refractivity contribution in [2.24, 2.45) is 5.73 Å². The molecule has 19 heavy (non-hydrogen) atoms. The SMILES string of the molecule is NCCc1cccc(C(=O)NC2CCC(O)CC2)c1. The average molecular weight is 262 g/mol. The maximum absolute atomic E-state index is 12.1. The quantitative estimate of drug-likeness (QED) is 0.763. The third-order valence-electron chi connectivity index (χ3n) is 3.65. The van der Waals surface area contributed by atoms with Gasteiger partial charge in [0.25, 0.3) is 5.91 Å². The molecule has 0 bridgehead atoms. The molecule has 0 saturated heterocycles. The molecule has 4 heteroatoms. The van der Waals surface area contributed by atoms with Crippen LogP contribution in [0.15, 0.2) is 24.3 Å². The molecule has 4 N–H and O–H groups in total. The Morgan fingerprint density at radius 3 is 2.74 bits per heavy atom. The van der Waals surface area contributed by atoms with Gasteiger partial charge in [-0.1, -0.05) is 12.1 Å². The molecule has 4 nitrogen and oxygen atoms in total. The lowest BCUT2D eigenvalue weighted by molar-refractivity contribution is 0.0867. The molecule has 0 heterocycles. The number of carbonyl (C=O) groups excluding carboxylic acids is 1. The van der Waals surface area contributed by atoms with Gasteiger partial charge in [-0.2, -0.15) is 0 Å². The Kier molecular flexibility index (Phi) is 4.93. The Balaban J connectivity index is 1.94. The molecule has 2 rings (SSSR count). The third kappa shape index (κ3) is 4.04. The van der Waals surface area contributed by atoms with Crippen LogP contribution in [0.4, 0.5) is 0 Å². The van der Waals surface area contributed by atoms with Crippen LogP contribution in [0.5, 0.6) is 0 Å². The van der Waals surface area contributed by atoms with E-state index in [9.17, 15) is 9.90 Å². The summed E-state index contributed by atoms with van der Waals surface area (Å²) in [6.07, 6.45) is 3.86. The zero-order chi connectivity index (χ0) is 13.7. The minimum absolute atomic E-state index is 0.0275. The van der Waals surface area contributed by atoms with Gasteiger partial charge in [-0.3, -0.25) is 4.79 Å².